The number of ketones is 1. The first-order valence-electron chi connectivity index (χ1n) is 11.9. The molecule has 1 fully saturated rings. The molecule has 186 valence electrons. The molecule has 0 aromatic heterocycles. The molecule has 2 aromatic rings. The predicted octanol–water partition coefficient (Wildman–Crippen LogP) is 3.74. The van der Waals surface area contributed by atoms with Crippen LogP contribution in [0.25, 0.3) is 0 Å². The zero-order valence-corrected chi connectivity index (χ0v) is 20.5. The van der Waals surface area contributed by atoms with Crippen LogP contribution in [0.15, 0.2) is 48.5 Å². The number of nitrogens with zero attached hydrogens (tertiary/aromatic N) is 1. The number of para-hydroxylation sites is 1. The van der Waals surface area contributed by atoms with Crippen LogP contribution in [0, 0.1) is 17.2 Å². The van der Waals surface area contributed by atoms with Crippen LogP contribution in [0.5, 0.6) is 0 Å². The fourth-order valence-corrected chi connectivity index (χ4v) is 4.39. The predicted molar refractivity (Wildman–Crippen MR) is 136 cm³/mol. The Morgan fingerprint density at radius 1 is 1.09 bits per heavy atom. The van der Waals surface area contributed by atoms with Gasteiger partial charge in [-0.25, -0.2) is 0 Å². The number of nitrogens with one attached hydrogen (secondary N) is 2. The molecule has 3 rings (SSSR count). The monoisotopic (exact) mass is 478 g/mol. The summed E-state index contributed by atoms with van der Waals surface area (Å²) in [4.78, 5) is 39.8. The number of hydrogen-bond acceptors (Lipinski definition) is 5. The second-order valence-corrected chi connectivity index (χ2v) is 9.68. The van der Waals surface area contributed by atoms with Crippen molar-refractivity contribution in [3.63, 3.8) is 0 Å². The third-order valence-corrected chi connectivity index (χ3v) is 6.99. The van der Waals surface area contributed by atoms with Gasteiger partial charge in [0.25, 0.3) is 0 Å². The van der Waals surface area contributed by atoms with Gasteiger partial charge in [-0.2, -0.15) is 0 Å². The van der Waals surface area contributed by atoms with Crippen LogP contribution >= 0.6 is 0 Å². The van der Waals surface area contributed by atoms with E-state index in [1.807, 2.05) is 26.8 Å². The van der Waals surface area contributed by atoms with E-state index < -0.39 is 11.5 Å². The molecule has 1 atom stereocenters. The van der Waals surface area contributed by atoms with Crippen LogP contribution in [0.3, 0.4) is 0 Å². The molecule has 8 heteroatoms. The van der Waals surface area contributed by atoms with Gasteiger partial charge in [-0.3, -0.25) is 19.8 Å². The third-order valence-electron chi connectivity index (χ3n) is 6.99. The number of benzene rings is 2. The summed E-state index contributed by atoms with van der Waals surface area (Å²) in [5.74, 6) is -1.12. The minimum absolute atomic E-state index is 0.0608. The Balaban J connectivity index is 1.83. The first-order valence-corrected chi connectivity index (χ1v) is 11.9. The second kappa shape index (κ2) is 10.7. The zero-order chi connectivity index (χ0) is 25.8. The minimum atomic E-state index is -0.964. The second-order valence-electron chi connectivity index (χ2n) is 9.68. The summed E-state index contributed by atoms with van der Waals surface area (Å²) >= 11 is 0. The molecule has 0 aliphatic carbocycles. The Morgan fingerprint density at radius 3 is 2.20 bits per heavy atom. The number of amidine groups is 1. The van der Waals surface area contributed by atoms with Crippen molar-refractivity contribution in [3.05, 3.63) is 65.2 Å². The van der Waals surface area contributed by atoms with Crippen LogP contribution in [0.2, 0.25) is 0 Å². The highest BCUT2D eigenvalue weighted by molar-refractivity contribution is 6.13. The van der Waals surface area contributed by atoms with Gasteiger partial charge in [0.1, 0.15) is 11.4 Å². The van der Waals surface area contributed by atoms with Gasteiger partial charge in [-0.05, 0) is 43.7 Å². The van der Waals surface area contributed by atoms with E-state index in [1.54, 1.807) is 47.4 Å². The number of piperidine rings is 1. The van der Waals surface area contributed by atoms with Crippen LogP contribution in [0.1, 0.15) is 61.5 Å². The van der Waals surface area contributed by atoms with E-state index in [0.29, 0.717) is 48.3 Å². The third kappa shape index (κ3) is 5.88. The Labute approximate surface area is 206 Å². The van der Waals surface area contributed by atoms with Crippen LogP contribution in [-0.2, 0) is 9.59 Å². The lowest BCUT2D eigenvalue weighted by Crippen LogP contribution is -2.57. The van der Waals surface area contributed by atoms with E-state index >= 15 is 0 Å². The number of hydrogen-bond donors (Lipinski definition) is 4. The number of carbonyl (C=O) groups excluding carboxylic acids is 2. The number of amides is 1. The first-order chi connectivity index (χ1) is 16.5. The summed E-state index contributed by atoms with van der Waals surface area (Å²) in [6, 6.07) is 13.7. The Hall–Kier alpha value is -3.68. The Kier molecular flexibility index (Phi) is 7.94. The lowest BCUT2D eigenvalue weighted by atomic mass is 9.84. The number of carbonyl (C=O) groups is 3. The van der Waals surface area contributed by atoms with Gasteiger partial charge in [0.2, 0.25) is 5.91 Å². The fraction of sp³-hybridized carbons (Fsp3) is 0.407. The molecule has 0 bridgehead atoms. The van der Waals surface area contributed by atoms with Crippen molar-refractivity contribution in [2.24, 2.45) is 17.6 Å². The van der Waals surface area contributed by atoms with Crippen LogP contribution in [0.4, 0.5) is 5.69 Å². The SMILES string of the molecule is CC(C)[C@@](C)(Nc1ccccc1C(=O)c1ccc(C(=N)N)cc1)C(=O)N1CCC(CC(=O)O)CC1. The molecule has 0 saturated carbocycles. The maximum absolute atomic E-state index is 13.7. The molecule has 8 nitrogen and oxygen atoms in total. The molecule has 1 amide bonds. The first kappa shape index (κ1) is 25.9. The van der Waals surface area contributed by atoms with E-state index in [2.05, 4.69) is 5.32 Å². The van der Waals surface area contributed by atoms with Crippen LogP contribution in [-0.4, -0.2) is 52.1 Å². The summed E-state index contributed by atoms with van der Waals surface area (Å²) in [5, 5.41) is 20.0. The Bertz CT molecular complexity index is 1100. The number of nitrogen functional groups attached to an aromatic ring is 1. The summed E-state index contributed by atoms with van der Waals surface area (Å²) in [6.07, 6.45) is 1.46. The Morgan fingerprint density at radius 2 is 1.66 bits per heavy atom. The van der Waals surface area contributed by atoms with Gasteiger partial charge < -0.3 is 21.1 Å². The van der Waals surface area contributed by atoms with E-state index in [4.69, 9.17) is 16.2 Å². The normalized spacial score (nSPS) is 15.9. The molecule has 1 aliphatic heterocycles. The topological polar surface area (TPSA) is 137 Å². The number of anilines is 1. The molecule has 0 radical (unpaired) electrons. The van der Waals surface area contributed by atoms with Crippen molar-refractivity contribution < 1.29 is 19.5 Å². The van der Waals surface area contributed by atoms with Crippen molar-refractivity contribution in [2.75, 3.05) is 18.4 Å². The molecule has 0 unspecified atom stereocenters. The number of aliphatic carboxylic acids is 1. The summed E-state index contributed by atoms with van der Waals surface area (Å²) in [7, 11) is 0. The summed E-state index contributed by atoms with van der Waals surface area (Å²) in [5.41, 5.74) is 6.57. The number of nitrogens with two attached hydrogens (primary N) is 1. The van der Waals surface area contributed by atoms with Crippen molar-refractivity contribution in [1.82, 2.24) is 4.90 Å². The van der Waals surface area contributed by atoms with Crippen molar-refractivity contribution in [1.29, 1.82) is 5.41 Å². The van der Waals surface area contributed by atoms with Gasteiger partial charge in [0, 0.05) is 41.9 Å². The molecule has 0 spiro atoms. The van der Waals surface area contributed by atoms with Gasteiger partial charge in [-0.15, -0.1) is 0 Å². The average Bonchev–Trinajstić information content (AvgIpc) is 2.83. The van der Waals surface area contributed by atoms with Gasteiger partial charge in [0.05, 0.1) is 0 Å². The molecule has 2 aromatic carbocycles. The highest BCUT2D eigenvalue weighted by atomic mass is 16.4. The molecule has 5 N–H and O–H groups in total. The lowest BCUT2D eigenvalue weighted by molar-refractivity contribution is -0.140. The van der Waals surface area contributed by atoms with Crippen molar-refractivity contribution >= 4 is 29.2 Å². The highest BCUT2D eigenvalue weighted by Crippen LogP contribution is 2.31. The number of likely N-dealkylation sites (tertiary alicyclic amines) is 1. The summed E-state index contributed by atoms with van der Waals surface area (Å²) < 4.78 is 0. The average molecular weight is 479 g/mol. The molecule has 35 heavy (non-hydrogen) atoms. The summed E-state index contributed by atoms with van der Waals surface area (Å²) in [6.45, 7) is 6.82. The van der Waals surface area contributed by atoms with Crippen LogP contribution < -0.4 is 11.1 Å². The van der Waals surface area contributed by atoms with Crippen molar-refractivity contribution in [3.8, 4) is 0 Å². The van der Waals surface area contributed by atoms with Gasteiger partial charge >= 0.3 is 5.97 Å². The quantitative estimate of drug-likeness (QED) is 0.246. The zero-order valence-electron chi connectivity index (χ0n) is 20.5. The fourth-order valence-electron chi connectivity index (χ4n) is 4.39. The molecule has 1 aliphatic rings. The lowest BCUT2D eigenvalue weighted by Gasteiger charge is -2.41. The number of carboxylic acid groups (broad SMARTS) is 1. The molecular weight excluding hydrogens is 444 g/mol. The van der Waals surface area contributed by atoms with E-state index in [-0.39, 0.29) is 35.8 Å². The highest BCUT2D eigenvalue weighted by Gasteiger charge is 2.41. The van der Waals surface area contributed by atoms with E-state index in [0.717, 1.165) is 0 Å². The smallest absolute Gasteiger partial charge is 0.303 e. The minimum Gasteiger partial charge on any atom is -0.481 e. The van der Waals surface area contributed by atoms with Gasteiger partial charge in [-0.1, -0.05) is 50.2 Å². The van der Waals surface area contributed by atoms with Gasteiger partial charge in [0.15, 0.2) is 5.78 Å². The van der Waals surface area contributed by atoms with Crippen molar-refractivity contribution in [2.45, 2.75) is 45.6 Å². The van der Waals surface area contributed by atoms with E-state index in [9.17, 15) is 14.4 Å². The van der Waals surface area contributed by atoms with E-state index in [1.165, 1.54) is 0 Å². The maximum Gasteiger partial charge on any atom is 0.303 e. The number of carboxylic acids is 1. The molecule has 1 heterocycles. The standard InChI is InChI=1S/C27H34N4O4/c1-17(2)27(3,26(35)31-14-12-18(13-15-31)16-23(32)33)30-22-7-5-4-6-21(22)24(34)19-8-10-20(11-9-19)25(28)29/h4-11,17-18,30H,12-16H2,1-3H3,(H3,28,29)(H,32,33)/t27-/m1/s1. The largest absolute Gasteiger partial charge is 0.481 e. The number of rotatable bonds is 9. The maximum atomic E-state index is 13.7. The molecular formula is C27H34N4O4. The molecule has 1 saturated heterocycles.